The highest BCUT2D eigenvalue weighted by atomic mass is 16.5. The fourth-order valence-corrected chi connectivity index (χ4v) is 1.32. The van der Waals surface area contributed by atoms with Gasteiger partial charge >= 0.3 is 5.97 Å². The number of aromatic nitrogens is 2. The maximum absolute atomic E-state index is 10.7. The third-order valence-corrected chi connectivity index (χ3v) is 2.07. The molecule has 1 aromatic carbocycles. The summed E-state index contributed by atoms with van der Waals surface area (Å²) in [7, 11) is 1.81. The van der Waals surface area contributed by atoms with Crippen LogP contribution in [0.5, 0.6) is 5.75 Å². The molecule has 0 saturated heterocycles. The Labute approximate surface area is 104 Å². The number of rotatable bonds is 3. The highest BCUT2D eigenvalue weighted by Gasteiger charge is 1.98. The van der Waals surface area contributed by atoms with Crippen LogP contribution in [0.2, 0.25) is 0 Å². The van der Waals surface area contributed by atoms with Gasteiger partial charge in [-0.05, 0) is 24.3 Å². The van der Waals surface area contributed by atoms with Crippen LogP contribution in [0.25, 0.3) is 0 Å². The molecule has 0 aliphatic carbocycles. The van der Waals surface area contributed by atoms with E-state index in [9.17, 15) is 4.79 Å². The van der Waals surface area contributed by atoms with E-state index >= 15 is 0 Å². The molecule has 0 unspecified atom stereocenters. The van der Waals surface area contributed by atoms with Crippen molar-refractivity contribution in [3.8, 4) is 5.75 Å². The van der Waals surface area contributed by atoms with Crippen LogP contribution in [0.1, 0.15) is 6.92 Å². The molecule has 0 bridgehead atoms. The molecule has 0 spiro atoms. The summed E-state index contributed by atoms with van der Waals surface area (Å²) in [5.74, 6) is 0.141. The second kappa shape index (κ2) is 5.22. The van der Waals surface area contributed by atoms with Crippen LogP contribution < -0.4 is 4.74 Å². The van der Waals surface area contributed by atoms with E-state index in [1.165, 1.54) is 6.92 Å². The molecule has 0 atom stereocenters. The van der Waals surface area contributed by atoms with E-state index in [1.54, 1.807) is 41.3 Å². The number of carbonyl (C=O) groups is 1. The minimum Gasteiger partial charge on any atom is -0.427 e. The number of esters is 1. The van der Waals surface area contributed by atoms with E-state index < -0.39 is 0 Å². The van der Waals surface area contributed by atoms with Gasteiger partial charge in [0.1, 0.15) is 11.4 Å². The molecule has 2 aromatic rings. The SMILES string of the molecule is CC(=O)Oc1ccc(/N=N/c2cnn(C)c2)cc1. The van der Waals surface area contributed by atoms with Gasteiger partial charge in [0.2, 0.25) is 0 Å². The van der Waals surface area contributed by atoms with Crippen molar-refractivity contribution in [3.05, 3.63) is 36.7 Å². The zero-order valence-corrected chi connectivity index (χ0v) is 10.1. The molecule has 0 aliphatic heterocycles. The number of azo groups is 1. The topological polar surface area (TPSA) is 68.8 Å². The van der Waals surface area contributed by atoms with Gasteiger partial charge in [-0.15, -0.1) is 5.11 Å². The normalized spacial score (nSPS) is 10.8. The van der Waals surface area contributed by atoms with E-state index in [-0.39, 0.29) is 5.97 Å². The van der Waals surface area contributed by atoms with Crippen LogP contribution in [0.15, 0.2) is 46.9 Å². The molecule has 6 heteroatoms. The Morgan fingerprint density at radius 3 is 2.44 bits per heavy atom. The van der Waals surface area contributed by atoms with Crippen LogP contribution in [-0.2, 0) is 11.8 Å². The third-order valence-electron chi connectivity index (χ3n) is 2.07. The number of aryl methyl sites for hydroxylation is 1. The van der Waals surface area contributed by atoms with Crippen molar-refractivity contribution in [2.45, 2.75) is 6.92 Å². The van der Waals surface area contributed by atoms with Crippen LogP contribution in [0, 0.1) is 0 Å². The van der Waals surface area contributed by atoms with E-state index in [1.807, 2.05) is 7.05 Å². The van der Waals surface area contributed by atoms with Crippen molar-refractivity contribution < 1.29 is 9.53 Å². The molecule has 6 nitrogen and oxygen atoms in total. The lowest BCUT2D eigenvalue weighted by Gasteiger charge is -1.99. The second-order valence-electron chi connectivity index (χ2n) is 3.66. The Morgan fingerprint density at radius 1 is 1.22 bits per heavy atom. The highest BCUT2D eigenvalue weighted by Crippen LogP contribution is 2.20. The molecular formula is C12H12N4O2. The zero-order valence-electron chi connectivity index (χ0n) is 10.1. The molecule has 1 aromatic heterocycles. The van der Waals surface area contributed by atoms with Crippen molar-refractivity contribution in [1.82, 2.24) is 9.78 Å². The van der Waals surface area contributed by atoms with Gasteiger partial charge in [0.15, 0.2) is 0 Å². The van der Waals surface area contributed by atoms with E-state index in [2.05, 4.69) is 15.3 Å². The maximum Gasteiger partial charge on any atom is 0.308 e. The molecule has 1 heterocycles. The summed E-state index contributed by atoms with van der Waals surface area (Å²) in [5, 5.41) is 12.0. The summed E-state index contributed by atoms with van der Waals surface area (Å²) >= 11 is 0. The predicted octanol–water partition coefficient (Wildman–Crippen LogP) is 2.76. The number of benzene rings is 1. The molecular weight excluding hydrogens is 232 g/mol. The van der Waals surface area contributed by atoms with Crippen molar-refractivity contribution in [2.75, 3.05) is 0 Å². The van der Waals surface area contributed by atoms with Gasteiger partial charge in [-0.1, -0.05) is 0 Å². The summed E-state index contributed by atoms with van der Waals surface area (Å²) in [6.07, 6.45) is 3.38. The summed E-state index contributed by atoms with van der Waals surface area (Å²) < 4.78 is 6.56. The monoisotopic (exact) mass is 244 g/mol. The molecule has 2 rings (SSSR count). The Hall–Kier alpha value is -2.50. The Bertz CT molecular complexity index is 572. The molecule has 0 fully saturated rings. The molecule has 0 aliphatic rings. The summed E-state index contributed by atoms with van der Waals surface area (Å²) in [6.45, 7) is 1.36. The number of ether oxygens (including phenoxy) is 1. The number of hydrogen-bond acceptors (Lipinski definition) is 5. The first-order valence-corrected chi connectivity index (χ1v) is 5.32. The number of hydrogen-bond donors (Lipinski definition) is 0. The standard InChI is InChI=1S/C12H12N4O2/c1-9(17)18-12-5-3-10(4-6-12)14-15-11-7-13-16(2)8-11/h3-8H,1-2H3/b15-14+. The lowest BCUT2D eigenvalue weighted by atomic mass is 10.3. The van der Waals surface area contributed by atoms with Gasteiger partial charge in [0.05, 0.1) is 18.1 Å². The Balaban J connectivity index is 2.06. The van der Waals surface area contributed by atoms with Crippen molar-refractivity contribution in [3.63, 3.8) is 0 Å². The van der Waals surface area contributed by atoms with Crippen molar-refractivity contribution >= 4 is 17.3 Å². The number of nitrogens with zero attached hydrogens (tertiary/aromatic N) is 4. The summed E-state index contributed by atoms with van der Waals surface area (Å²) in [5.41, 5.74) is 1.36. The Morgan fingerprint density at radius 2 is 1.89 bits per heavy atom. The van der Waals surface area contributed by atoms with Gasteiger partial charge < -0.3 is 4.74 Å². The summed E-state index contributed by atoms with van der Waals surface area (Å²) in [6, 6.07) is 6.77. The maximum atomic E-state index is 10.7. The van der Waals surface area contributed by atoms with Gasteiger partial charge in [-0.2, -0.15) is 10.2 Å². The summed E-state index contributed by atoms with van der Waals surface area (Å²) in [4.78, 5) is 10.7. The van der Waals surface area contributed by atoms with Crippen LogP contribution in [0.3, 0.4) is 0 Å². The van der Waals surface area contributed by atoms with Crippen molar-refractivity contribution in [1.29, 1.82) is 0 Å². The molecule has 18 heavy (non-hydrogen) atoms. The van der Waals surface area contributed by atoms with Crippen LogP contribution in [0.4, 0.5) is 11.4 Å². The van der Waals surface area contributed by atoms with Gasteiger partial charge in [0, 0.05) is 14.0 Å². The quantitative estimate of drug-likeness (QED) is 0.473. The number of carbonyl (C=O) groups excluding carboxylic acids is 1. The molecule has 0 radical (unpaired) electrons. The van der Waals surface area contributed by atoms with Gasteiger partial charge in [-0.3, -0.25) is 9.48 Å². The molecule has 0 amide bonds. The van der Waals surface area contributed by atoms with Crippen molar-refractivity contribution in [2.24, 2.45) is 17.3 Å². The van der Waals surface area contributed by atoms with Gasteiger partial charge in [-0.25, -0.2) is 0 Å². The minimum absolute atomic E-state index is 0.347. The second-order valence-corrected chi connectivity index (χ2v) is 3.66. The first-order chi connectivity index (χ1) is 8.63. The van der Waals surface area contributed by atoms with Crippen LogP contribution >= 0.6 is 0 Å². The molecule has 92 valence electrons. The molecule has 0 N–H and O–H groups in total. The van der Waals surface area contributed by atoms with E-state index in [4.69, 9.17) is 4.74 Å². The third kappa shape index (κ3) is 3.24. The van der Waals surface area contributed by atoms with Gasteiger partial charge in [0.25, 0.3) is 0 Å². The smallest absolute Gasteiger partial charge is 0.308 e. The fourth-order valence-electron chi connectivity index (χ4n) is 1.32. The first-order valence-electron chi connectivity index (χ1n) is 5.32. The molecule has 0 saturated carbocycles. The van der Waals surface area contributed by atoms with Crippen LogP contribution in [-0.4, -0.2) is 15.7 Å². The first kappa shape index (κ1) is 12.0. The largest absolute Gasteiger partial charge is 0.427 e. The minimum atomic E-state index is -0.347. The average Bonchev–Trinajstić information content (AvgIpc) is 2.74. The van der Waals surface area contributed by atoms with E-state index in [0.29, 0.717) is 17.1 Å². The Kier molecular flexibility index (Phi) is 3.47. The lowest BCUT2D eigenvalue weighted by Crippen LogP contribution is -2.00. The van der Waals surface area contributed by atoms with E-state index in [0.717, 1.165) is 0 Å². The average molecular weight is 244 g/mol. The predicted molar refractivity (Wildman–Crippen MR) is 65.1 cm³/mol. The fraction of sp³-hybridized carbons (Fsp3) is 0.167. The lowest BCUT2D eigenvalue weighted by molar-refractivity contribution is -0.131. The highest BCUT2D eigenvalue weighted by molar-refractivity contribution is 5.69. The zero-order chi connectivity index (χ0) is 13.0.